The minimum Gasteiger partial charge on any atom is -0.376 e. The summed E-state index contributed by atoms with van der Waals surface area (Å²) in [5, 5.41) is 3.02. The van der Waals surface area contributed by atoms with Crippen molar-refractivity contribution in [1.29, 1.82) is 0 Å². The van der Waals surface area contributed by atoms with Crippen LogP contribution in [0.5, 0.6) is 0 Å². The second-order valence-electron chi connectivity index (χ2n) is 3.52. The summed E-state index contributed by atoms with van der Waals surface area (Å²) in [5.41, 5.74) is 1.11. The van der Waals surface area contributed by atoms with Crippen LogP contribution in [-0.2, 0) is 4.74 Å². The normalized spacial score (nSPS) is 26.4. The lowest BCUT2D eigenvalue weighted by molar-refractivity contribution is 0.173. The summed E-state index contributed by atoms with van der Waals surface area (Å²) < 4.78 is 18.2. The van der Waals surface area contributed by atoms with Crippen LogP contribution in [0.2, 0.25) is 0 Å². The molecule has 1 aliphatic heterocycles. The average Bonchev–Trinajstić information content (AvgIpc) is 2.52. The Morgan fingerprint density at radius 3 is 3.07 bits per heavy atom. The molecule has 3 nitrogen and oxygen atoms in total. The molecule has 0 spiro atoms. The molecule has 1 aromatic heterocycles. The third kappa shape index (κ3) is 2.01. The van der Waals surface area contributed by atoms with E-state index in [1.165, 1.54) is 0 Å². The lowest BCUT2D eigenvalue weighted by Gasteiger charge is -2.13. The highest BCUT2D eigenvalue weighted by Crippen LogP contribution is 2.15. The maximum atomic E-state index is 13.2. The molecule has 2 unspecified atom stereocenters. The van der Waals surface area contributed by atoms with Crippen molar-refractivity contribution in [2.75, 3.05) is 18.5 Å². The Hall–Kier alpha value is -1.16. The zero-order valence-corrected chi connectivity index (χ0v) is 8.03. The highest BCUT2D eigenvalue weighted by Gasteiger charge is 2.27. The van der Waals surface area contributed by atoms with Gasteiger partial charge in [-0.2, -0.15) is 0 Å². The maximum absolute atomic E-state index is 13.2. The molecule has 76 valence electrons. The molecule has 0 saturated carbocycles. The van der Waals surface area contributed by atoms with Crippen LogP contribution in [0.3, 0.4) is 0 Å². The van der Waals surface area contributed by atoms with E-state index in [0.717, 1.165) is 5.56 Å². The number of hydrogen-bond donors (Lipinski definition) is 1. The molecule has 1 aliphatic rings. The van der Waals surface area contributed by atoms with Crippen molar-refractivity contribution in [3.8, 4) is 0 Å². The molecule has 0 radical (unpaired) electrons. The zero-order chi connectivity index (χ0) is 9.97. The molecule has 1 fully saturated rings. The Morgan fingerprint density at radius 1 is 1.57 bits per heavy atom. The summed E-state index contributed by atoms with van der Waals surface area (Å²) in [4.78, 5) is 4.10. The first-order chi connectivity index (χ1) is 6.75. The first-order valence-electron chi connectivity index (χ1n) is 4.67. The highest BCUT2D eigenvalue weighted by molar-refractivity contribution is 5.38. The van der Waals surface area contributed by atoms with E-state index in [1.807, 2.05) is 19.1 Å². The molecule has 1 aromatic rings. The maximum Gasteiger partial charge on any atom is 0.146 e. The summed E-state index contributed by atoms with van der Waals surface area (Å²) in [6, 6.07) is 3.54. The first kappa shape index (κ1) is 9.40. The van der Waals surface area contributed by atoms with Crippen molar-refractivity contribution >= 4 is 5.82 Å². The Balaban J connectivity index is 2.03. The van der Waals surface area contributed by atoms with Gasteiger partial charge in [0.15, 0.2) is 0 Å². The van der Waals surface area contributed by atoms with E-state index in [1.54, 1.807) is 6.20 Å². The number of aryl methyl sites for hydroxylation is 1. The molecule has 2 heterocycles. The predicted octanol–water partition coefficient (Wildman–Crippen LogP) is 1.54. The van der Waals surface area contributed by atoms with Gasteiger partial charge in [-0.1, -0.05) is 0 Å². The third-order valence-corrected chi connectivity index (χ3v) is 2.26. The SMILES string of the molecule is Cc1ccnc(NC2COCC2F)c1. The van der Waals surface area contributed by atoms with Gasteiger partial charge in [0.25, 0.3) is 0 Å². The van der Waals surface area contributed by atoms with Gasteiger partial charge in [0.2, 0.25) is 0 Å². The van der Waals surface area contributed by atoms with Gasteiger partial charge in [-0.3, -0.25) is 0 Å². The Bertz CT molecular complexity index is 319. The smallest absolute Gasteiger partial charge is 0.146 e. The number of rotatable bonds is 2. The number of nitrogens with zero attached hydrogens (tertiary/aromatic N) is 1. The largest absolute Gasteiger partial charge is 0.376 e. The number of nitrogens with one attached hydrogen (secondary N) is 1. The van der Waals surface area contributed by atoms with E-state index in [4.69, 9.17) is 4.74 Å². The van der Waals surface area contributed by atoms with E-state index in [0.29, 0.717) is 12.4 Å². The Kier molecular flexibility index (Phi) is 2.63. The zero-order valence-electron chi connectivity index (χ0n) is 8.03. The van der Waals surface area contributed by atoms with Gasteiger partial charge < -0.3 is 10.1 Å². The van der Waals surface area contributed by atoms with Crippen LogP contribution in [0.4, 0.5) is 10.2 Å². The molecule has 14 heavy (non-hydrogen) atoms. The number of halogens is 1. The van der Waals surface area contributed by atoms with Crippen molar-refractivity contribution in [1.82, 2.24) is 4.98 Å². The molecular weight excluding hydrogens is 183 g/mol. The summed E-state index contributed by atoms with van der Waals surface area (Å²) >= 11 is 0. The van der Waals surface area contributed by atoms with Crippen molar-refractivity contribution in [3.63, 3.8) is 0 Å². The predicted molar refractivity (Wildman–Crippen MR) is 52.1 cm³/mol. The lowest BCUT2D eigenvalue weighted by Crippen LogP contribution is -2.29. The number of anilines is 1. The summed E-state index contributed by atoms with van der Waals surface area (Å²) in [7, 11) is 0. The molecule has 1 saturated heterocycles. The summed E-state index contributed by atoms with van der Waals surface area (Å²) in [6.45, 7) is 2.57. The van der Waals surface area contributed by atoms with Crippen LogP contribution >= 0.6 is 0 Å². The Morgan fingerprint density at radius 2 is 2.43 bits per heavy atom. The molecule has 4 heteroatoms. The summed E-state index contributed by atoms with van der Waals surface area (Å²) in [5.74, 6) is 0.711. The van der Waals surface area contributed by atoms with E-state index in [2.05, 4.69) is 10.3 Å². The van der Waals surface area contributed by atoms with Crippen molar-refractivity contribution in [3.05, 3.63) is 23.9 Å². The monoisotopic (exact) mass is 196 g/mol. The summed E-state index contributed by atoms with van der Waals surface area (Å²) in [6.07, 6.45) is 0.776. The number of alkyl halides is 1. The lowest BCUT2D eigenvalue weighted by atomic mass is 10.2. The van der Waals surface area contributed by atoms with Crippen molar-refractivity contribution < 1.29 is 9.13 Å². The number of aromatic nitrogens is 1. The second kappa shape index (κ2) is 3.92. The van der Waals surface area contributed by atoms with Gasteiger partial charge in [-0.25, -0.2) is 9.37 Å². The molecule has 0 aromatic carbocycles. The van der Waals surface area contributed by atoms with E-state index in [9.17, 15) is 4.39 Å². The van der Waals surface area contributed by atoms with Gasteiger partial charge in [-0.05, 0) is 24.6 Å². The standard InChI is InChI=1S/C10H13FN2O/c1-7-2-3-12-10(4-7)13-9-6-14-5-8(9)11/h2-4,8-9H,5-6H2,1H3,(H,12,13). The Labute approximate surface area is 82.3 Å². The molecule has 1 N–H and O–H groups in total. The van der Waals surface area contributed by atoms with E-state index in [-0.39, 0.29) is 12.6 Å². The van der Waals surface area contributed by atoms with Crippen LogP contribution in [0.25, 0.3) is 0 Å². The van der Waals surface area contributed by atoms with Gasteiger partial charge in [0.05, 0.1) is 19.3 Å². The van der Waals surface area contributed by atoms with Crippen LogP contribution in [0.15, 0.2) is 18.3 Å². The number of hydrogen-bond acceptors (Lipinski definition) is 3. The van der Waals surface area contributed by atoms with Crippen LogP contribution < -0.4 is 5.32 Å². The van der Waals surface area contributed by atoms with Crippen molar-refractivity contribution in [2.24, 2.45) is 0 Å². The third-order valence-electron chi connectivity index (χ3n) is 2.26. The quantitative estimate of drug-likeness (QED) is 0.779. The molecule has 2 atom stereocenters. The second-order valence-corrected chi connectivity index (χ2v) is 3.52. The number of ether oxygens (including phenoxy) is 1. The van der Waals surface area contributed by atoms with Crippen molar-refractivity contribution in [2.45, 2.75) is 19.1 Å². The highest BCUT2D eigenvalue weighted by atomic mass is 19.1. The molecule has 0 amide bonds. The fourth-order valence-corrected chi connectivity index (χ4v) is 1.47. The van der Waals surface area contributed by atoms with Crippen LogP contribution in [0.1, 0.15) is 5.56 Å². The fourth-order valence-electron chi connectivity index (χ4n) is 1.47. The molecular formula is C10H13FN2O. The average molecular weight is 196 g/mol. The van der Waals surface area contributed by atoms with Gasteiger partial charge in [0.1, 0.15) is 12.0 Å². The topological polar surface area (TPSA) is 34.2 Å². The first-order valence-corrected chi connectivity index (χ1v) is 4.67. The minimum atomic E-state index is -0.933. The minimum absolute atomic E-state index is 0.184. The fraction of sp³-hybridized carbons (Fsp3) is 0.500. The van der Waals surface area contributed by atoms with Gasteiger partial charge in [0, 0.05) is 6.20 Å². The van der Waals surface area contributed by atoms with Gasteiger partial charge >= 0.3 is 0 Å². The van der Waals surface area contributed by atoms with Crippen LogP contribution in [-0.4, -0.2) is 30.4 Å². The van der Waals surface area contributed by atoms with E-state index < -0.39 is 6.17 Å². The number of pyridine rings is 1. The van der Waals surface area contributed by atoms with E-state index >= 15 is 0 Å². The molecule has 0 bridgehead atoms. The van der Waals surface area contributed by atoms with Gasteiger partial charge in [-0.15, -0.1) is 0 Å². The molecule has 2 rings (SSSR count). The molecule has 0 aliphatic carbocycles. The van der Waals surface area contributed by atoms with Crippen LogP contribution in [0, 0.1) is 6.92 Å².